The summed E-state index contributed by atoms with van der Waals surface area (Å²) in [6, 6.07) is 8.31. The summed E-state index contributed by atoms with van der Waals surface area (Å²) in [6.07, 6.45) is 1.04. The Morgan fingerprint density at radius 1 is 1.35 bits per heavy atom. The third-order valence-corrected chi connectivity index (χ3v) is 3.44. The maximum atomic E-state index is 5.55. The van der Waals surface area contributed by atoms with Gasteiger partial charge >= 0.3 is 0 Å². The molecule has 17 heavy (non-hydrogen) atoms. The summed E-state index contributed by atoms with van der Waals surface area (Å²) >= 11 is 1.76. The topological polar surface area (TPSA) is 33.6 Å². The average molecular weight is 250 g/mol. The molecule has 1 aliphatic rings. The first-order chi connectivity index (χ1) is 8.38. The minimum Gasteiger partial charge on any atom is -0.494 e. The number of benzene rings is 1. The Balaban J connectivity index is 1.80. The van der Waals surface area contributed by atoms with Crippen molar-refractivity contribution in [2.24, 2.45) is 4.99 Å². The molecule has 0 saturated carbocycles. The highest BCUT2D eigenvalue weighted by Crippen LogP contribution is 2.18. The van der Waals surface area contributed by atoms with Crippen LogP contribution >= 0.6 is 11.8 Å². The van der Waals surface area contributed by atoms with Crippen LogP contribution in [0.2, 0.25) is 0 Å². The number of nitrogens with zero attached hydrogens (tertiary/aromatic N) is 1. The molecule has 3 nitrogen and oxygen atoms in total. The maximum absolute atomic E-state index is 5.55. The van der Waals surface area contributed by atoms with Crippen molar-refractivity contribution in [3.8, 4) is 5.75 Å². The van der Waals surface area contributed by atoms with Gasteiger partial charge in [-0.2, -0.15) is 0 Å². The van der Waals surface area contributed by atoms with Crippen LogP contribution in [0, 0.1) is 0 Å². The monoisotopic (exact) mass is 250 g/mol. The van der Waals surface area contributed by atoms with E-state index in [1.807, 2.05) is 12.1 Å². The van der Waals surface area contributed by atoms with Crippen LogP contribution in [0.15, 0.2) is 29.3 Å². The second-order valence-corrected chi connectivity index (χ2v) is 4.86. The van der Waals surface area contributed by atoms with E-state index in [0.29, 0.717) is 0 Å². The van der Waals surface area contributed by atoms with Crippen molar-refractivity contribution in [2.75, 3.05) is 19.7 Å². The van der Waals surface area contributed by atoms with Crippen LogP contribution in [-0.4, -0.2) is 24.9 Å². The van der Waals surface area contributed by atoms with Gasteiger partial charge in [0.15, 0.2) is 5.17 Å². The molecule has 0 saturated heterocycles. The molecule has 0 aliphatic carbocycles. The molecule has 0 aromatic heterocycles. The fourth-order valence-corrected chi connectivity index (χ4v) is 2.41. The van der Waals surface area contributed by atoms with E-state index in [9.17, 15) is 0 Å². The van der Waals surface area contributed by atoms with Gasteiger partial charge in [0.05, 0.1) is 13.2 Å². The lowest BCUT2D eigenvalue weighted by atomic mass is 10.2. The van der Waals surface area contributed by atoms with Gasteiger partial charge in [0, 0.05) is 12.3 Å². The summed E-state index contributed by atoms with van der Waals surface area (Å²) in [5.74, 6) is 1.91. The summed E-state index contributed by atoms with van der Waals surface area (Å²) in [6.45, 7) is 4.79. The van der Waals surface area contributed by atoms with Crippen molar-refractivity contribution in [1.82, 2.24) is 5.32 Å². The highest BCUT2D eigenvalue weighted by molar-refractivity contribution is 8.13. The molecule has 92 valence electrons. The van der Waals surface area contributed by atoms with Crippen molar-refractivity contribution in [1.29, 1.82) is 0 Å². The van der Waals surface area contributed by atoms with Gasteiger partial charge in [-0.15, -0.1) is 0 Å². The minimum absolute atomic E-state index is 0.787. The average Bonchev–Trinajstić information content (AvgIpc) is 2.88. The molecule has 1 aromatic rings. The Labute approximate surface area is 107 Å². The summed E-state index contributed by atoms with van der Waals surface area (Å²) in [7, 11) is 0. The Morgan fingerprint density at radius 3 is 2.82 bits per heavy atom. The Bertz CT molecular complexity index is 376. The summed E-state index contributed by atoms with van der Waals surface area (Å²) < 4.78 is 5.55. The fourth-order valence-electron chi connectivity index (χ4n) is 1.53. The van der Waals surface area contributed by atoms with Gasteiger partial charge in [0.25, 0.3) is 0 Å². The van der Waals surface area contributed by atoms with E-state index < -0.39 is 0 Å². The van der Waals surface area contributed by atoms with E-state index >= 15 is 0 Å². The Morgan fingerprint density at radius 2 is 2.18 bits per heavy atom. The number of aliphatic imine (C=N–C) groups is 1. The molecule has 2 rings (SSSR count). The summed E-state index contributed by atoms with van der Waals surface area (Å²) in [4.78, 5) is 4.35. The molecular formula is C13H18N2OS. The van der Waals surface area contributed by atoms with Crippen molar-refractivity contribution in [3.05, 3.63) is 29.8 Å². The van der Waals surface area contributed by atoms with Gasteiger partial charge in [-0.25, -0.2) is 0 Å². The fraction of sp³-hybridized carbons (Fsp3) is 0.462. The summed E-state index contributed by atoms with van der Waals surface area (Å²) in [5.41, 5.74) is 1.30. The molecule has 0 amide bonds. The van der Waals surface area contributed by atoms with Crippen LogP contribution in [0.3, 0.4) is 0 Å². The van der Waals surface area contributed by atoms with Crippen LogP contribution in [0.1, 0.15) is 18.9 Å². The summed E-state index contributed by atoms with van der Waals surface area (Å²) in [5, 5.41) is 4.32. The third kappa shape index (κ3) is 3.97. The number of hydrogen-bond acceptors (Lipinski definition) is 4. The number of rotatable bonds is 5. The molecule has 0 unspecified atom stereocenters. The van der Waals surface area contributed by atoms with Crippen LogP contribution in [-0.2, 0) is 5.75 Å². The molecule has 1 N–H and O–H groups in total. The predicted molar refractivity (Wildman–Crippen MR) is 73.8 cm³/mol. The second-order valence-electron chi connectivity index (χ2n) is 3.89. The zero-order valence-corrected chi connectivity index (χ0v) is 10.9. The van der Waals surface area contributed by atoms with Crippen LogP contribution in [0.4, 0.5) is 0 Å². The van der Waals surface area contributed by atoms with Crippen molar-refractivity contribution in [3.63, 3.8) is 0 Å². The smallest absolute Gasteiger partial charge is 0.157 e. The van der Waals surface area contributed by atoms with Crippen molar-refractivity contribution < 1.29 is 4.74 Å². The van der Waals surface area contributed by atoms with E-state index in [-0.39, 0.29) is 0 Å². The van der Waals surface area contributed by atoms with Crippen LogP contribution in [0.5, 0.6) is 5.75 Å². The minimum atomic E-state index is 0.787. The molecule has 0 spiro atoms. The first-order valence-corrected chi connectivity index (χ1v) is 7.00. The van der Waals surface area contributed by atoms with Crippen LogP contribution in [0.25, 0.3) is 0 Å². The number of amidine groups is 1. The molecule has 0 fully saturated rings. The van der Waals surface area contributed by atoms with E-state index in [2.05, 4.69) is 29.4 Å². The zero-order chi connectivity index (χ0) is 11.9. The quantitative estimate of drug-likeness (QED) is 0.872. The van der Waals surface area contributed by atoms with E-state index in [1.54, 1.807) is 11.8 Å². The molecule has 1 aliphatic heterocycles. The highest BCUT2D eigenvalue weighted by Gasteiger charge is 2.05. The van der Waals surface area contributed by atoms with E-state index in [4.69, 9.17) is 4.74 Å². The van der Waals surface area contributed by atoms with E-state index in [1.165, 1.54) is 5.56 Å². The lowest BCUT2D eigenvalue weighted by molar-refractivity contribution is 0.317. The molecule has 1 heterocycles. The number of hydrogen-bond donors (Lipinski definition) is 1. The molecule has 1 aromatic carbocycles. The van der Waals surface area contributed by atoms with Gasteiger partial charge < -0.3 is 10.1 Å². The zero-order valence-electron chi connectivity index (χ0n) is 10.1. The third-order valence-electron chi connectivity index (χ3n) is 2.42. The first-order valence-electron chi connectivity index (χ1n) is 6.01. The number of nitrogens with one attached hydrogen (secondary N) is 1. The van der Waals surface area contributed by atoms with Crippen LogP contribution < -0.4 is 10.1 Å². The van der Waals surface area contributed by atoms with Gasteiger partial charge in [0.2, 0.25) is 0 Å². The first kappa shape index (κ1) is 12.3. The standard InChI is InChI=1S/C13H18N2OS/c1-2-9-16-12-5-3-11(4-6-12)10-17-13-14-7-8-15-13/h3-6H,2,7-10H2,1H3,(H,14,15). The Kier molecular flexibility index (Phi) is 4.74. The van der Waals surface area contributed by atoms with Gasteiger partial charge in [0.1, 0.15) is 5.75 Å². The Hall–Kier alpha value is -1.16. The van der Waals surface area contributed by atoms with Gasteiger partial charge in [-0.3, -0.25) is 4.99 Å². The van der Waals surface area contributed by atoms with Crippen molar-refractivity contribution >= 4 is 16.9 Å². The number of thioether (sulfide) groups is 1. The lowest BCUT2D eigenvalue weighted by Crippen LogP contribution is -2.14. The SMILES string of the molecule is CCCOc1ccc(CSC2=NCCN2)cc1. The lowest BCUT2D eigenvalue weighted by Gasteiger charge is -2.06. The molecule has 0 bridgehead atoms. The largest absolute Gasteiger partial charge is 0.494 e. The van der Waals surface area contributed by atoms with Gasteiger partial charge in [-0.05, 0) is 24.1 Å². The second kappa shape index (κ2) is 6.55. The van der Waals surface area contributed by atoms with Gasteiger partial charge in [-0.1, -0.05) is 30.8 Å². The van der Waals surface area contributed by atoms with Crippen molar-refractivity contribution in [2.45, 2.75) is 19.1 Å². The molecule has 4 heteroatoms. The predicted octanol–water partition coefficient (Wildman–Crippen LogP) is 2.67. The number of ether oxygens (including phenoxy) is 1. The highest BCUT2D eigenvalue weighted by atomic mass is 32.2. The molecular weight excluding hydrogens is 232 g/mol. The molecule has 0 radical (unpaired) electrons. The normalized spacial score (nSPS) is 14.3. The maximum Gasteiger partial charge on any atom is 0.157 e. The van der Waals surface area contributed by atoms with E-state index in [0.717, 1.165) is 42.8 Å². The molecule has 0 atom stereocenters.